The summed E-state index contributed by atoms with van der Waals surface area (Å²) in [7, 11) is 0. The van der Waals surface area contributed by atoms with E-state index in [4.69, 9.17) is 5.84 Å². The third kappa shape index (κ3) is 10.7. The largest absolute Gasteiger partial charge is 0.290 e. The normalized spacial score (nSPS) is 11.0. The lowest BCUT2D eigenvalue weighted by atomic mass is 10.1. The lowest BCUT2D eigenvalue weighted by Gasteiger charge is -2.12. The van der Waals surface area contributed by atoms with Crippen molar-refractivity contribution < 1.29 is 13.6 Å². The molecule has 1 heterocycles. The Morgan fingerprint density at radius 2 is 1.37 bits per heavy atom. The quantitative estimate of drug-likeness (QED) is 0.0608. The van der Waals surface area contributed by atoms with Gasteiger partial charge in [0.15, 0.2) is 5.82 Å². The standard InChI is InChI=1S/C17H16FN3.C12H17NS.C7H7FN2O/c1-12(2)16-19-20-17(13-8-10-14(18)11-9-13)21(16)15-6-4-3-5-7-15;1-4-14-12(10(2)3)13-11-8-6-5-7-9-11;8-6-3-1-5(2-4-6)7(11)10-9/h3-12H,1-2H3;5-10H,4H2,1-3H3;1-4H,9H2,(H,10,11). The van der Waals surface area contributed by atoms with Crippen LogP contribution in [0.15, 0.2) is 114 Å². The molecule has 0 aliphatic carbocycles. The van der Waals surface area contributed by atoms with Crippen LogP contribution in [-0.4, -0.2) is 31.5 Å². The molecular weight excluding hydrogens is 603 g/mol. The number of carbonyl (C=O) groups excluding carboxylic acids is 1. The Hall–Kier alpha value is -4.67. The molecule has 0 aliphatic rings. The van der Waals surface area contributed by atoms with E-state index in [-0.39, 0.29) is 17.6 Å². The van der Waals surface area contributed by atoms with Gasteiger partial charge in [-0.2, -0.15) is 0 Å². The molecule has 5 aromatic rings. The number of carbonyl (C=O) groups is 1. The van der Waals surface area contributed by atoms with Gasteiger partial charge >= 0.3 is 0 Å². The number of nitrogens with one attached hydrogen (secondary N) is 1. The molecule has 1 amide bonds. The first-order chi connectivity index (χ1) is 22.1. The summed E-state index contributed by atoms with van der Waals surface area (Å²) in [4.78, 5) is 15.4. The molecular formula is C36H40F2N6OS. The summed E-state index contributed by atoms with van der Waals surface area (Å²) in [6.07, 6.45) is 0. The number of para-hydroxylation sites is 2. The summed E-state index contributed by atoms with van der Waals surface area (Å²) < 4.78 is 27.4. The average molecular weight is 643 g/mol. The van der Waals surface area contributed by atoms with Crippen molar-refractivity contribution in [1.82, 2.24) is 20.2 Å². The van der Waals surface area contributed by atoms with E-state index >= 15 is 0 Å². The number of hydrogen-bond donors (Lipinski definition) is 2. The van der Waals surface area contributed by atoms with Gasteiger partial charge in [0.2, 0.25) is 0 Å². The number of nitrogen functional groups attached to an aromatic ring is 1. The second-order valence-electron chi connectivity index (χ2n) is 10.6. The monoisotopic (exact) mass is 642 g/mol. The maximum absolute atomic E-state index is 13.1. The van der Waals surface area contributed by atoms with Crippen LogP contribution in [0, 0.1) is 17.6 Å². The number of benzene rings is 4. The highest BCUT2D eigenvalue weighted by Gasteiger charge is 2.17. The maximum Gasteiger partial charge on any atom is 0.265 e. The highest BCUT2D eigenvalue weighted by Crippen LogP contribution is 2.26. The molecule has 0 saturated carbocycles. The topological polar surface area (TPSA) is 98.2 Å². The second-order valence-corrected chi connectivity index (χ2v) is 11.9. The summed E-state index contributed by atoms with van der Waals surface area (Å²) in [6, 6.07) is 31.5. The van der Waals surface area contributed by atoms with Crippen molar-refractivity contribution in [2.45, 2.75) is 40.5 Å². The molecule has 46 heavy (non-hydrogen) atoms. The van der Waals surface area contributed by atoms with E-state index < -0.39 is 5.91 Å². The van der Waals surface area contributed by atoms with E-state index in [0.717, 1.165) is 34.3 Å². The molecule has 3 N–H and O–H groups in total. The van der Waals surface area contributed by atoms with Crippen molar-refractivity contribution in [1.29, 1.82) is 0 Å². The fraction of sp³-hybridized carbons (Fsp3) is 0.222. The summed E-state index contributed by atoms with van der Waals surface area (Å²) in [5.74, 6) is 7.25. The zero-order valence-electron chi connectivity index (χ0n) is 26.7. The van der Waals surface area contributed by atoms with Gasteiger partial charge in [0.05, 0.1) is 10.7 Å². The van der Waals surface area contributed by atoms with Crippen molar-refractivity contribution in [3.05, 3.63) is 132 Å². The van der Waals surface area contributed by atoms with Crippen molar-refractivity contribution in [3.8, 4) is 17.1 Å². The van der Waals surface area contributed by atoms with Crippen LogP contribution in [0.3, 0.4) is 0 Å². The highest BCUT2D eigenvalue weighted by molar-refractivity contribution is 8.13. The first kappa shape index (κ1) is 35.8. The van der Waals surface area contributed by atoms with Gasteiger partial charge in [-0.15, -0.1) is 22.0 Å². The molecule has 0 aliphatic heterocycles. The molecule has 1 aromatic heterocycles. The SMILES string of the molecule is CC(C)c1nnc(-c2ccc(F)cc2)n1-c1ccccc1.CCSC(=Nc1ccccc1)C(C)C.NNC(=O)c1ccc(F)cc1. The highest BCUT2D eigenvalue weighted by atomic mass is 32.2. The fourth-order valence-electron chi connectivity index (χ4n) is 4.08. The van der Waals surface area contributed by atoms with Crippen LogP contribution in [0.1, 0.15) is 56.7 Å². The summed E-state index contributed by atoms with van der Waals surface area (Å²) in [5.41, 5.74) is 5.19. The van der Waals surface area contributed by atoms with Crippen molar-refractivity contribution >= 4 is 28.4 Å². The first-order valence-electron chi connectivity index (χ1n) is 14.9. The predicted molar refractivity (Wildman–Crippen MR) is 185 cm³/mol. The summed E-state index contributed by atoms with van der Waals surface area (Å²) in [6.45, 7) is 10.7. The molecule has 240 valence electrons. The molecule has 0 atom stereocenters. The summed E-state index contributed by atoms with van der Waals surface area (Å²) in [5, 5.41) is 9.84. The zero-order valence-corrected chi connectivity index (χ0v) is 27.5. The Kier molecular flexibility index (Phi) is 14.3. The van der Waals surface area contributed by atoms with Gasteiger partial charge < -0.3 is 0 Å². The third-order valence-corrected chi connectivity index (χ3v) is 7.49. The Balaban J connectivity index is 0.000000201. The van der Waals surface area contributed by atoms with Gasteiger partial charge in [-0.1, -0.05) is 71.0 Å². The van der Waals surface area contributed by atoms with Gasteiger partial charge in [-0.3, -0.25) is 14.8 Å². The van der Waals surface area contributed by atoms with E-state index in [9.17, 15) is 13.6 Å². The van der Waals surface area contributed by atoms with Crippen LogP contribution in [0.25, 0.3) is 17.1 Å². The van der Waals surface area contributed by atoms with Crippen LogP contribution < -0.4 is 11.3 Å². The van der Waals surface area contributed by atoms with E-state index in [1.54, 1.807) is 12.1 Å². The van der Waals surface area contributed by atoms with Crippen LogP contribution in [-0.2, 0) is 0 Å². The van der Waals surface area contributed by atoms with Crippen LogP contribution in [0.4, 0.5) is 14.5 Å². The minimum atomic E-state index is -0.426. The molecule has 0 radical (unpaired) electrons. The zero-order chi connectivity index (χ0) is 33.5. The van der Waals surface area contributed by atoms with Crippen LogP contribution in [0.2, 0.25) is 0 Å². The number of amides is 1. The number of nitrogens with two attached hydrogens (primary N) is 1. The van der Waals surface area contributed by atoms with Crippen molar-refractivity contribution in [3.63, 3.8) is 0 Å². The minimum absolute atomic E-state index is 0.243. The second kappa shape index (κ2) is 18.3. The van der Waals surface area contributed by atoms with Crippen LogP contribution in [0.5, 0.6) is 0 Å². The Labute approximate surface area is 274 Å². The van der Waals surface area contributed by atoms with Gasteiger partial charge in [-0.05, 0) is 78.5 Å². The van der Waals surface area contributed by atoms with E-state index in [1.807, 2.05) is 82.4 Å². The number of aromatic nitrogens is 3. The molecule has 5 rings (SSSR count). The smallest absolute Gasteiger partial charge is 0.265 e. The van der Waals surface area contributed by atoms with Gasteiger partial charge in [0.25, 0.3) is 5.91 Å². The Morgan fingerprint density at radius 1 is 0.826 bits per heavy atom. The molecule has 0 spiro atoms. The number of aliphatic imine (C=N–C) groups is 1. The lowest BCUT2D eigenvalue weighted by Crippen LogP contribution is -2.29. The molecule has 0 unspecified atom stereocenters. The van der Waals surface area contributed by atoms with Gasteiger partial charge in [-0.25, -0.2) is 19.6 Å². The maximum atomic E-state index is 13.1. The minimum Gasteiger partial charge on any atom is -0.290 e. The lowest BCUT2D eigenvalue weighted by molar-refractivity contribution is 0.0953. The third-order valence-electron chi connectivity index (χ3n) is 6.34. The molecule has 7 nitrogen and oxygen atoms in total. The first-order valence-corrected chi connectivity index (χ1v) is 15.9. The van der Waals surface area contributed by atoms with E-state index in [2.05, 4.69) is 49.8 Å². The van der Waals surface area contributed by atoms with Crippen LogP contribution >= 0.6 is 11.8 Å². The Bertz CT molecular complexity index is 1660. The average Bonchev–Trinajstić information content (AvgIpc) is 3.52. The molecule has 0 fully saturated rings. The molecule has 10 heteroatoms. The van der Waals surface area contributed by atoms with Gasteiger partial charge in [0, 0.05) is 28.7 Å². The molecule has 0 saturated heterocycles. The van der Waals surface area contributed by atoms with E-state index in [0.29, 0.717) is 11.5 Å². The number of thioether (sulfide) groups is 1. The van der Waals surface area contributed by atoms with Crippen molar-refractivity contribution in [2.75, 3.05) is 5.75 Å². The van der Waals surface area contributed by atoms with Gasteiger partial charge in [0.1, 0.15) is 17.5 Å². The number of hydrogen-bond acceptors (Lipinski definition) is 6. The number of hydrazine groups is 1. The predicted octanol–water partition coefficient (Wildman–Crippen LogP) is 8.75. The Morgan fingerprint density at radius 3 is 1.87 bits per heavy atom. The number of halogens is 2. The molecule has 4 aromatic carbocycles. The summed E-state index contributed by atoms with van der Waals surface area (Å²) >= 11 is 1.83. The number of nitrogens with zero attached hydrogens (tertiary/aromatic N) is 4. The van der Waals surface area contributed by atoms with E-state index in [1.165, 1.54) is 41.4 Å². The molecule has 0 bridgehead atoms. The number of rotatable bonds is 7. The fourth-order valence-corrected chi connectivity index (χ4v) is 4.88. The van der Waals surface area contributed by atoms with Crippen molar-refractivity contribution in [2.24, 2.45) is 16.8 Å².